The topological polar surface area (TPSA) is 54.4 Å². The third-order valence-corrected chi connectivity index (χ3v) is 3.10. The Bertz CT molecular complexity index is 491. The van der Waals surface area contributed by atoms with Crippen LogP contribution in [0.15, 0.2) is 23.1 Å². The average molecular weight is 254 g/mol. The van der Waals surface area contributed by atoms with Gasteiger partial charge in [0.2, 0.25) is 0 Å². The molecule has 7 heteroatoms. The van der Waals surface area contributed by atoms with Gasteiger partial charge in [0.25, 0.3) is 0 Å². The second-order valence-corrected chi connectivity index (χ2v) is 5.26. The fourth-order valence-corrected chi connectivity index (χ4v) is 1.84. The maximum absolute atomic E-state index is 12.5. The highest BCUT2D eigenvalue weighted by Gasteiger charge is 2.34. The molecular formula is C9H9F3O3S. The van der Waals surface area contributed by atoms with Crippen LogP contribution < -0.4 is 0 Å². The van der Waals surface area contributed by atoms with Gasteiger partial charge in [0.1, 0.15) is 0 Å². The molecule has 0 saturated carbocycles. The predicted octanol–water partition coefficient (Wildman–Crippen LogP) is 1.60. The van der Waals surface area contributed by atoms with Crippen LogP contribution in [0.2, 0.25) is 0 Å². The summed E-state index contributed by atoms with van der Waals surface area (Å²) in [7, 11) is -3.69. The number of alkyl halides is 3. The Balaban J connectivity index is 3.45. The smallest absolute Gasteiger partial charge is 0.392 e. The van der Waals surface area contributed by atoms with Gasteiger partial charge in [-0.3, -0.25) is 0 Å². The lowest BCUT2D eigenvalue weighted by atomic mass is 10.1. The minimum absolute atomic E-state index is 0.347. The van der Waals surface area contributed by atoms with E-state index >= 15 is 0 Å². The van der Waals surface area contributed by atoms with Crippen LogP contribution in [0.1, 0.15) is 11.1 Å². The molecule has 0 aromatic heterocycles. The monoisotopic (exact) mass is 254 g/mol. The molecule has 0 spiro atoms. The molecule has 1 aromatic carbocycles. The lowest BCUT2D eigenvalue weighted by molar-refractivity contribution is -0.138. The number of aliphatic hydroxyl groups excluding tert-OH is 1. The lowest BCUT2D eigenvalue weighted by Gasteiger charge is -2.12. The fourth-order valence-electron chi connectivity index (χ4n) is 1.19. The summed E-state index contributed by atoms with van der Waals surface area (Å²) in [4.78, 5) is -0.419. The molecule has 0 unspecified atom stereocenters. The molecule has 0 heterocycles. The van der Waals surface area contributed by atoms with Gasteiger partial charge < -0.3 is 5.11 Å². The van der Waals surface area contributed by atoms with E-state index in [1.165, 1.54) is 0 Å². The molecule has 0 bridgehead atoms. The second-order valence-electron chi connectivity index (χ2n) is 3.25. The van der Waals surface area contributed by atoms with Crippen LogP contribution in [0.5, 0.6) is 0 Å². The molecule has 0 amide bonds. The number of halogens is 3. The van der Waals surface area contributed by atoms with Crippen molar-refractivity contribution in [3.05, 3.63) is 29.3 Å². The van der Waals surface area contributed by atoms with E-state index in [0.717, 1.165) is 18.4 Å². The SMILES string of the molecule is CS(=O)(=O)c1ccc(CO)c(C(F)(F)F)c1. The molecule has 0 aliphatic rings. The first-order valence-electron chi connectivity index (χ1n) is 4.17. The van der Waals surface area contributed by atoms with Gasteiger partial charge in [-0.05, 0) is 17.7 Å². The largest absolute Gasteiger partial charge is 0.416 e. The molecule has 1 aromatic rings. The average Bonchev–Trinajstić information content (AvgIpc) is 2.14. The summed E-state index contributed by atoms with van der Waals surface area (Å²) in [5.74, 6) is 0. The molecule has 90 valence electrons. The van der Waals surface area contributed by atoms with E-state index in [1.54, 1.807) is 0 Å². The Labute approximate surface area is 90.4 Å². The lowest BCUT2D eigenvalue weighted by Crippen LogP contribution is -2.11. The summed E-state index contributed by atoms with van der Waals surface area (Å²) >= 11 is 0. The van der Waals surface area contributed by atoms with Gasteiger partial charge in [0.05, 0.1) is 17.1 Å². The van der Waals surface area contributed by atoms with E-state index in [0.29, 0.717) is 6.07 Å². The molecule has 0 aliphatic heterocycles. The van der Waals surface area contributed by atoms with Crippen LogP contribution in [-0.4, -0.2) is 19.8 Å². The molecular weight excluding hydrogens is 245 g/mol. The molecule has 0 saturated heterocycles. The summed E-state index contributed by atoms with van der Waals surface area (Å²) < 4.78 is 59.7. The Kier molecular flexibility index (Phi) is 3.30. The van der Waals surface area contributed by atoms with E-state index in [2.05, 4.69) is 0 Å². The molecule has 1 N–H and O–H groups in total. The molecule has 0 aliphatic carbocycles. The van der Waals surface area contributed by atoms with Crippen LogP contribution >= 0.6 is 0 Å². The van der Waals surface area contributed by atoms with E-state index in [4.69, 9.17) is 5.11 Å². The highest BCUT2D eigenvalue weighted by atomic mass is 32.2. The van der Waals surface area contributed by atoms with Crippen molar-refractivity contribution in [2.24, 2.45) is 0 Å². The second kappa shape index (κ2) is 4.06. The number of aliphatic hydroxyl groups is 1. The zero-order chi connectivity index (χ0) is 12.6. The Hall–Kier alpha value is -1.08. The van der Waals surface area contributed by atoms with Crippen molar-refractivity contribution in [3.8, 4) is 0 Å². The minimum Gasteiger partial charge on any atom is -0.392 e. The molecule has 0 fully saturated rings. The number of hydrogen-bond donors (Lipinski definition) is 1. The van der Waals surface area contributed by atoms with E-state index in [9.17, 15) is 21.6 Å². The summed E-state index contributed by atoms with van der Waals surface area (Å²) in [6.45, 7) is -0.793. The molecule has 0 atom stereocenters. The normalized spacial score (nSPS) is 12.8. The van der Waals surface area contributed by atoms with E-state index in [-0.39, 0.29) is 5.56 Å². The highest BCUT2D eigenvalue weighted by Crippen LogP contribution is 2.33. The van der Waals surface area contributed by atoms with Gasteiger partial charge in [-0.2, -0.15) is 13.2 Å². The number of hydrogen-bond acceptors (Lipinski definition) is 3. The number of rotatable bonds is 2. The summed E-state index contributed by atoms with van der Waals surface area (Å²) in [5.41, 5.74) is -1.47. The van der Waals surface area contributed by atoms with Crippen molar-refractivity contribution in [2.75, 3.05) is 6.26 Å². The summed E-state index contributed by atoms with van der Waals surface area (Å²) in [6.07, 6.45) is -3.86. The zero-order valence-electron chi connectivity index (χ0n) is 8.25. The van der Waals surface area contributed by atoms with Gasteiger partial charge in [-0.1, -0.05) is 6.07 Å². The van der Waals surface area contributed by atoms with Crippen molar-refractivity contribution in [1.82, 2.24) is 0 Å². The van der Waals surface area contributed by atoms with E-state index in [1.807, 2.05) is 0 Å². The maximum Gasteiger partial charge on any atom is 0.416 e. The van der Waals surface area contributed by atoms with Crippen molar-refractivity contribution >= 4 is 9.84 Å². The third kappa shape index (κ3) is 2.73. The van der Waals surface area contributed by atoms with Crippen LogP contribution in [0.4, 0.5) is 13.2 Å². The molecule has 0 radical (unpaired) electrons. The Morgan fingerprint density at radius 1 is 1.31 bits per heavy atom. The van der Waals surface area contributed by atoms with Gasteiger partial charge in [0.15, 0.2) is 9.84 Å². The first-order valence-corrected chi connectivity index (χ1v) is 6.06. The minimum atomic E-state index is -4.68. The molecule has 3 nitrogen and oxygen atoms in total. The fraction of sp³-hybridized carbons (Fsp3) is 0.333. The van der Waals surface area contributed by atoms with Crippen LogP contribution in [0, 0.1) is 0 Å². The third-order valence-electron chi connectivity index (χ3n) is 1.99. The van der Waals surface area contributed by atoms with Gasteiger partial charge in [-0.15, -0.1) is 0 Å². The van der Waals surface area contributed by atoms with Crippen LogP contribution in [-0.2, 0) is 22.6 Å². The first kappa shape index (κ1) is 13.0. The van der Waals surface area contributed by atoms with E-state index < -0.39 is 33.1 Å². The van der Waals surface area contributed by atoms with Crippen molar-refractivity contribution < 1.29 is 26.7 Å². The maximum atomic E-state index is 12.5. The number of benzene rings is 1. The first-order chi connectivity index (χ1) is 7.16. The van der Waals surface area contributed by atoms with Crippen molar-refractivity contribution in [2.45, 2.75) is 17.7 Å². The number of sulfone groups is 1. The van der Waals surface area contributed by atoms with Gasteiger partial charge in [-0.25, -0.2) is 8.42 Å². The molecule has 1 rings (SSSR count). The predicted molar refractivity (Wildman–Crippen MR) is 50.5 cm³/mol. The van der Waals surface area contributed by atoms with Crippen LogP contribution in [0.25, 0.3) is 0 Å². The van der Waals surface area contributed by atoms with Crippen LogP contribution in [0.3, 0.4) is 0 Å². The Morgan fingerprint density at radius 3 is 2.25 bits per heavy atom. The summed E-state index contributed by atoms with van der Waals surface area (Å²) in [5, 5.41) is 8.73. The standard InChI is InChI=1S/C9H9F3O3S/c1-16(14,15)7-3-2-6(5-13)8(4-7)9(10,11)12/h2-4,13H,5H2,1H3. The zero-order valence-corrected chi connectivity index (χ0v) is 9.06. The quantitative estimate of drug-likeness (QED) is 0.872. The van der Waals surface area contributed by atoms with Crippen molar-refractivity contribution in [3.63, 3.8) is 0 Å². The Morgan fingerprint density at radius 2 is 1.88 bits per heavy atom. The molecule has 16 heavy (non-hydrogen) atoms. The van der Waals surface area contributed by atoms with Gasteiger partial charge >= 0.3 is 6.18 Å². The summed E-state index contributed by atoms with van der Waals surface area (Å²) in [6, 6.07) is 2.52. The van der Waals surface area contributed by atoms with Crippen molar-refractivity contribution in [1.29, 1.82) is 0 Å². The van der Waals surface area contributed by atoms with Gasteiger partial charge in [0, 0.05) is 6.26 Å². The highest BCUT2D eigenvalue weighted by molar-refractivity contribution is 7.90.